The molecule has 196 valence electrons. The van der Waals surface area contributed by atoms with Crippen molar-refractivity contribution in [2.75, 3.05) is 26.7 Å². The van der Waals surface area contributed by atoms with Crippen LogP contribution in [-0.2, 0) is 9.59 Å². The Kier molecular flexibility index (Phi) is 9.97. The van der Waals surface area contributed by atoms with E-state index in [1.54, 1.807) is 12.1 Å². The van der Waals surface area contributed by atoms with Crippen LogP contribution >= 0.6 is 0 Å². The van der Waals surface area contributed by atoms with Crippen LogP contribution in [-0.4, -0.2) is 48.3 Å². The van der Waals surface area contributed by atoms with Gasteiger partial charge in [-0.05, 0) is 83.8 Å². The van der Waals surface area contributed by atoms with E-state index in [0.29, 0.717) is 25.3 Å². The number of phenolic OH excluding ortho intramolecular Hbond substituents is 1. The van der Waals surface area contributed by atoms with E-state index in [-0.39, 0.29) is 24.7 Å². The quantitative estimate of drug-likeness (QED) is 0.255. The molecular weight excluding hydrogens is 474 g/mol. The summed E-state index contributed by atoms with van der Waals surface area (Å²) in [5.41, 5.74) is 6.11. The number of ketones is 2. The predicted molar refractivity (Wildman–Crippen MR) is 154 cm³/mol. The number of likely N-dealkylation sites (N-methyl/N-ethyl adjacent to an activating group) is 1. The number of benzene rings is 3. The summed E-state index contributed by atoms with van der Waals surface area (Å²) in [6.45, 7) is 3.61. The van der Waals surface area contributed by atoms with Crippen LogP contribution in [0, 0.1) is 0 Å². The van der Waals surface area contributed by atoms with Gasteiger partial charge in [0.1, 0.15) is 18.1 Å². The second-order valence-electron chi connectivity index (χ2n) is 9.00. The molecule has 0 aliphatic heterocycles. The summed E-state index contributed by atoms with van der Waals surface area (Å²) < 4.78 is 5.97. The second kappa shape index (κ2) is 13.4. The van der Waals surface area contributed by atoms with E-state index in [4.69, 9.17) is 4.74 Å². The minimum absolute atomic E-state index is 0. The lowest BCUT2D eigenvalue weighted by Gasteiger charge is -2.19. The molecule has 3 aromatic rings. The molecule has 0 spiro atoms. The summed E-state index contributed by atoms with van der Waals surface area (Å²) in [6.07, 6.45) is 4.87. The van der Waals surface area contributed by atoms with Crippen molar-refractivity contribution in [3.8, 4) is 11.5 Å². The van der Waals surface area contributed by atoms with Crippen molar-refractivity contribution >= 4 is 22.7 Å². The molecule has 1 aliphatic rings. The van der Waals surface area contributed by atoms with E-state index in [1.165, 1.54) is 29.4 Å². The first-order valence-electron chi connectivity index (χ1n) is 12.4. The molecule has 38 heavy (non-hydrogen) atoms. The standard InChI is InChI=1S/C32H31NO4.CH4/c1-3-30(23-7-5-4-6-8-23)32(24-9-13-27(34)14-10-24)25-11-16-29(17-12-25)37-20-19-33(2)22-26-21-28(35)15-18-31(26)36;/h4-18,21,34H,3,19-20,22H2,1-2H3;1H4/b32-30-;. The van der Waals surface area contributed by atoms with Gasteiger partial charge in [0, 0.05) is 18.7 Å². The maximum atomic E-state index is 12.0. The zero-order chi connectivity index (χ0) is 26.2. The van der Waals surface area contributed by atoms with Crippen molar-refractivity contribution in [1.82, 2.24) is 4.90 Å². The fraction of sp³-hybridized carbons (Fsp3) is 0.212. The number of aromatic hydroxyl groups is 1. The van der Waals surface area contributed by atoms with Crippen LogP contribution in [0.2, 0.25) is 0 Å². The maximum absolute atomic E-state index is 12.0. The van der Waals surface area contributed by atoms with E-state index in [1.807, 2.05) is 54.4 Å². The number of phenols is 1. The molecule has 0 saturated heterocycles. The first-order chi connectivity index (χ1) is 17.9. The number of allylic oxidation sites excluding steroid dienone is 4. The number of ether oxygens (including phenoxy) is 1. The molecular formula is C33H35NO4. The number of carbonyl (C=O) groups is 2. The zero-order valence-corrected chi connectivity index (χ0v) is 21.2. The molecule has 4 rings (SSSR count). The third-order valence-corrected chi connectivity index (χ3v) is 6.29. The van der Waals surface area contributed by atoms with Crippen LogP contribution in [0.1, 0.15) is 37.5 Å². The van der Waals surface area contributed by atoms with Gasteiger partial charge in [0.05, 0.1) is 0 Å². The number of hydrogen-bond donors (Lipinski definition) is 1. The van der Waals surface area contributed by atoms with E-state index >= 15 is 0 Å². The molecule has 0 heterocycles. The number of carbonyl (C=O) groups excluding carboxylic acids is 2. The predicted octanol–water partition coefficient (Wildman–Crippen LogP) is 6.34. The molecule has 1 aliphatic carbocycles. The van der Waals surface area contributed by atoms with Crippen LogP contribution < -0.4 is 4.74 Å². The smallest absolute Gasteiger partial charge is 0.183 e. The molecule has 0 saturated carbocycles. The van der Waals surface area contributed by atoms with Gasteiger partial charge in [0.2, 0.25) is 0 Å². The summed E-state index contributed by atoms with van der Waals surface area (Å²) in [4.78, 5) is 25.5. The van der Waals surface area contributed by atoms with Crippen LogP contribution in [0.25, 0.3) is 11.1 Å². The van der Waals surface area contributed by atoms with Crippen LogP contribution in [0.5, 0.6) is 11.5 Å². The molecule has 0 radical (unpaired) electrons. The molecule has 0 atom stereocenters. The lowest BCUT2D eigenvalue weighted by molar-refractivity contribution is -0.114. The Morgan fingerprint density at radius 3 is 2.11 bits per heavy atom. The van der Waals surface area contributed by atoms with Crippen molar-refractivity contribution in [2.45, 2.75) is 20.8 Å². The van der Waals surface area contributed by atoms with E-state index in [2.05, 4.69) is 31.2 Å². The molecule has 0 amide bonds. The molecule has 3 aromatic carbocycles. The zero-order valence-electron chi connectivity index (χ0n) is 21.2. The molecule has 1 N–H and O–H groups in total. The second-order valence-corrected chi connectivity index (χ2v) is 9.00. The van der Waals surface area contributed by atoms with Gasteiger partial charge in [-0.15, -0.1) is 0 Å². The van der Waals surface area contributed by atoms with Crippen molar-refractivity contribution in [2.24, 2.45) is 0 Å². The minimum atomic E-state index is -0.154. The Bertz CT molecular complexity index is 1330. The Morgan fingerprint density at radius 1 is 0.842 bits per heavy atom. The largest absolute Gasteiger partial charge is 0.508 e. The highest BCUT2D eigenvalue weighted by atomic mass is 16.5. The average molecular weight is 510 g/mol. The highest BCUT2D eigenvalue weighted by Crippen LogP contribution is 2.35. The lowest BCUT2D eigenvalue weighted by atomic mass is 9.88. The molecule has 0 aromatic heterocycles. The third kappa shape index (κ3) is 7.17. The Balaban J connectivity index is 0.00000400. The Morgan fingerprint density at radius 2 is 1.47 bits per heavy atom. The van der Waals surface area contributed by atoms with Crippen LogP contribution in [0.3, 0.4) is 0 Å². The number of rotatable bonds is 10. The number of nitrogens with zero attached hydrogens (tertiary/aromatic N) is 1. The van der Waals surface area contributed by atoms with Crippen molar-refractivity contribution in [3.63, 3.8) is 0 Å². The van der Waals surface area contributed by atoms with Gasteiger partial charge in [-0.25, -0.2) is 0 Å². The van der Waals surface area contributed by atoms with Gasteiger partial charge in [0.15, 0.2) is 11.6 Å². The molecule has 0 fully saturated rings. The summed E-state index contributed by atoms with van der Waals surface area (Å²) in [7, 11) is 1.90. The highest BCUT2D eigenvalue weighted by molar-refractivity contribution is 6.17. The summed E-state index contributed by atoms with van der Waals surface area (Å²) >= 11 is 0. The van der Waals surface area contributed by atoms with Gasteiger partial charge in [-0.2, -0.15) is 0 Å². The van der Waals surface area contributed by atoms with Crippen molar-refractivity contribution in [3.05, 3.63) is 119 Å². The molecule has 0 unspecified atom stereocenters. The molecule has 0 bridgehead atoms. The topological polar surface area (TPSA) is 66.8 Å². The van der Waals surface area contributed by atoms with Crippen LogP contribution in [0.4, 0.5) is 0 Å². The van der Waals surface area contributed by atoms with E-state index in [9.17, 15) is 14.7 Å². The van der Waals surface area contributed by atoms with Gasteiger partial charge >= 0.3 is 0 Å². The van der Waals surface area contributed by atoms with Crippen molar-refractivity contribution in [1.29, 1.82) is 0 Å². The maximum Gasteiger partial charge on any atom is 0.183 e. The SMILES string of the molecule is C.CC/C(=C(\c1ccc(O)cc1)c1ccc(OCCN(C)CC2=CC(=O)C=CC2=O)cc1)c1ccccc1. The van der Waals surface area contributed by atoms with Gasteiger partial charge in [-0.1, -0.05) is 68.9 Å². The molecule has 5 nitrogen and oxygen atoms in total. The molecule has 5 heteroatoms. The van der Waals surface area contributed by atoms with Gasteiger partial charge in [-0.3, -0.25) is 14.5 Å². The third-order valence-electron chi connectivity index (χ3n) is 6.29. The normalized spacial score (nSPS) is 13.6. The van der Waals surface area contributed by atoms with Crippen molar-refractivity contribution < 1.29 is 19.4 Å². The lowest BCUT2D eigenvalue weighted by Crippen LogP contribution is -2.29. The summed E-state index contributed by atoms with van der Waals surface area (Å²) in [5.74, 6) is 0.716. The van der Waals surface area contributed by atoms with Gasteiger partial charge < -0.3 is 9.84 Å². The fourth-order valence-corrected chi connectivity index (χ4v) is 4.39. The summed E-state index contributed by atoms with van der Waals surface area (Å²) in [5, 5.41) is 9.82. The van der Waals surface area contributed by atoms with Gasteiger partial charge in [0.25, 0.3) is 0 Å². The van der Waals surface area contributed by atoms with Crippen LogP contribution in [0.15, 0.2) is 103 Å². The fourth-order valence-electron chi connectivity index (χ4n) is 4.39. The minimum Gasteiger partial charge on any atom is -0.508 e. The first-order valence-corrected chi connectivity index (χ1v) is 12.4. The number of hydrogen-bond acceptors (Lipinski definition) is 5. The average Bonchev–Trinajstić information content (AvgIpc) is 2.91. The van der Waals surface area contributed by atoms with E-state index in [0.717, 1.165) is 28.9 Å². The Labute approximate surface area is 225 Å². The highest BCUT2D eigenvalue weighted by Gasteiger charge is 2.16. The monoisotopic (exact) mass is 509 g/mol. The summed E-state index contributed by atoms with van der Waals surface area (Å²) in [6, 6.07) is 25.7. The first kappa shape index (κ1) is 28.4. The van der Waals surface area contributed by atoms with E-state index < -0.39 is 0 Å². The Hall–Kier alpha value is -4.22.